The summed E-state index contributed by atoms with van der Waals surface area (Å²) in [5.74, 6) is 1.27. The van der Waals surface area contributed by atoms with E-state index in [9.17, 15) is 8.42 Å². The van der Waals surface area contributed by atoms with Crippen molar-refractivity contribution in [2.45, 2.75) is 31.9 Å². The first-order valence-electron chi connectivity index (χ1n) is 6.83. The van der Waals surface area contributed by atoms with Gasteiger partial charge in [0.05, 0.1) is 5.25 Å². The van der Waals surface area contributed by atoms with Gasteiger partial charge >= 0.3 is 0 Å². The van der Waals surface area contributed by atoms with E-state index < -0.39 is 10.0 Å². The zero-order chi connectivity index (χ0) is 14.6. The molecule has 1 aliphatic carbocycles. The van der Waals surface area contributed by atoms with Crippen molar-refractivity contribution < 1.29 is 8.42 Å². The maximum Gasteiger partial charge on any atom is 0.224 e. The first kappa shape index (κ1) is 15.0. The lowest BCUT2D eigenvalue weighted by Gasteiger charge is -2.09. The Morgan fingerprint density at radius 3 is 2.65 bits per heavy atom. The Labute approximate surface area is 119 Å². The maximum absolute atomic E-state index is 11.6. The van der Waals surface area contributed by atoms with Gasteiger partial charge in [0, 0.05) is 31.4 Å². The predicted octanol–water partition coefficient (Wildman–Crippen LogP) is 0.711. The quantitative estimate of drug-likeness (QED) is 0.612. The predicted molar refractivity (Wildman–Crippen MR) is 79.4 cm³/mol. The van der Waals surface area contributed by atoms with Crippen LogP contribution in [0.25, 0.3) is 0 Å². The molecule has 20 heavy (non-hydrogen) atoms. The van der Waals surface area contributed by atoms with E-state index in [-0.39, 0.29) is 5.25 Å². The summed E-state index contributed by atoms with van der Waals surface area (Å²) in [4.78, 5) is 8.55. The Balaban J connectivity index is 1.81. The lowest BCUT2D eigenvalue weighted by atomic mass is 10.4. The Kier molecular flexibility index (Phi) is 4.77. The van der Waals surface area contributed by atoms with Gasteiger partial charge in [-0.2, -0.15) is 4.98 Å². The molecule has 112 valence electrons. The minimum atomic E-state index is -3.11. The number of hydrogen-bond acceptors (Lipinski definition) is 6. The molecular formula is C12H21N5O2S. The molecule has 2 rings (SSSR count). The molecule has 7 nitrogen and oxygen atoms in total. The van der Waals surface area contributed by atoms with E-state index in [0.29, 0.717) is 19.0 Å². The number of nitrogens with one attached hydrogen (secondary N) is 3. The molecule has 0 radical (unpaired) electrons. The molecule has 1 heterocycles. The Morgan fingerprint density at radius 2 is 2.00 bits per heavy atom. The van der Waals surface area contributed by atoms with E-state index >= 15 is 0 Å². The van der Waals surface area contributed by atoms with Crippen LogP contribution in [0, 0.1) is 6.92 Å². The van der Waals surface area contributed by atoms with E-state index in [1.165, 1.54) is 0 Å². The summed E-state index contributed by atoms with van der Waals surface area (Å²) >= 11 is 0. The summed E-state index contributed by atoms with van der Waals surface area (Å²) in [6, 6.07) is 1.87. The van der Waals surface area contributed by atoms with Crippen molar-refractivity contribution in [3.8, 4) is 0 Å². The normalized spacial score (nSPS) is 15.1. The van der Waals surface area contributed by atoms with Crippen molar-refractivity contribution in [2.24, 2.45) is 0 Å². The van der Waals surface area contributed by atoms with Crippen LogP contribution in [0.5, 0.6) is 0 Å². The SMILES string of the molecule is CCNc1cc(C)nc(NCCNS(=O)(=O)C2CC2)n1. The van der Waals surface area contributed by atoms with Crippen molar-refractivity contribution in [1.29, 1.82) is 0 Å². The average Bonchev–Trinajstić information content (AvgIpc) is 3.19. The summed E-state index contributed by atoms with van der Waals surface area (Å²) in [5.41, 5.74) is 0.858. The van der Waals surface area contributed by atoms with Gasteiger partial charge in [-0.05, 0) is 26.7 Å². The molecule has 8 heteroatoms. The van der Waals surface area contributed by atoms with Gasteiger partial charge in [-0.25, -0.2) is 18.1 Å². The van der Waals surface area contributed by atoms with Crippen molar-refractivity contribution in [1.82, 2.24) is 14.7 Å². The van der Waals surface area contributed by atoms with Crippen LogP contribution in [0.3, 0.4) is 0 Å². The third-order valence-corrected chi connectivity index (χ3v) is 4.84. The highest BCUT2D eigenvalue weighted by atomic mass is 32.2. The lowest BCUT2D eigenvalue weighted by molar-refractivity contribution is 0.581. The van der Waals surface area contributed by atoms with Gasteiger partial charge in [-0.1, -0.05) is 0 Å². The molecule has 1 aromatic heterocycles. The molecule has 0 atom stereocenters. The number of aromatic nitrogens is 2. The molecule has 1 aliphatic rings. The van der Waals surface area contributed by atoms with E-state index in [0.717, 1.165) is 30.9 Å². The molecule has 0 unspecified atom stereocenters. The molecule has 1 saturated carbocycles. The number of nitrogens with zero attached hydrogens (tertiary/aromatic N) is 2. The zero-order valence-electron chi connectivity index (χ0n) is 11.8. The molecule has 0 aliphatic heterocycles. The fourth-order valence-electron chi connectivity index (χ4n) is 1.78. The fourth-order valence-corrected chi connectivity index (χ4v) is 3.16. The average molecular weight is 299 g/mol. The van der Waals surface area contributed by atoms with Gasteiger partial charge in [0.15, 0.2) is 0 Å². The smallest absolute Gasteiger partial charge is 0.224 e. The molecule has 3 N–H and O–H groups in total. The Hall–Kier alpha value is -1.41. The number of anilines is 2. The highest BCUT2D eigenvalue weighted by Gasteiger charge is 2.35. The van der Waals surface area contributed by atoms with Gasteiger partial charge in [-0.15, -0.1) is 0 Å². The second-order valence-corrected chi connectivity index (χ2v) is 6.86. The van der Waals surface area contributed by atoms with Crippen LogP contribution in [0.2, 0.25) is 0 Å². The molecule has 0 spiro atoms. The third-order valence-electron chi connectivity index (χ3n) is 2.89. The monoisotopic (exact) mass is 299 g/mol. The number of rotatable bonds is 8. The topological polar surface area (TPSA) is 96.0 Å². The van der Waals surface area contributed by atoms with Crippen molar-refractivity contribution in [2.75, 3.05) is 30.3 Å². The van der Waals surface area contributed by atoms with Crippen molar-refractivity contribution in [3.05, 3.63) is 11.8 Å². The van der Waals surface area contributed by atoms with Gasteiger partial charge in [0.1, 0.15) is 5.82 Å². The molecule has 0 bridgehead atoms. The van der Waals surface area contributed by atoms with Crippen LogP contribution in [-0.4, -0.2) is 43.3 Å². The molecule has 0 aromatic carbocycles. The zero-order valence-corrected chi connectivity index (χ0v) is 12.6. The van der Waals surface area contributed by atoms with Crippen molar-refractivity contribution >= 4 is 21.8 Å². The molecule has 0 amide bonds. The van der Waals surface area contributed by atoms with E-state index in [1.807, 2.05) is 19.9 Å². The van der Waals surface area contributed by atoms with E-state index in [2.05, 4.69) is 25.3 Å². The van der Waals surface area contributed by atoms with Crippen LogP contribution in [-0.2, 0) is 10.0 Å². The van der Waals surface area contributed by atoms with Crippen LogP contribution in [0.1, 0.15) is 25.5 Å². The van der Waals surface area contributed by atoms with E-state index in [1.54, 1.807) is 0 Å². The van der Waals surface area contributed by atoms with Crippen LogP contribution in [0.4, 0.5) is 11.8 Å². The minimum absolute atomic E-state index is 0.182. The van der Waals surface area contributed by atoms with Gasteiger partial charge in [0.25, 0.3) is 0 Å². The molecule has 1 fully saturated rings. The summed E-state index contributed by atoms with van der Waals surface area (Å²) < 4.78 is 25.8. The van der Waals surface area contributed by atoms with E-state index in [4.69, 9.17) is 0 Å². The Bertz CT molecular complexity index is 557. The number of aryl methyl sites for hydroxylation is 1. The fraction of sp³-hybridized carbons (Fsp3) is 0.667. The summed E-state index contributed by atoms with van der Waals surface area (Å²) in [5, 5.41) is 5.97. The standard InChI is InChI=1S/C12H21N5O2S/c1-3-13-11-8-9(2)16-12(17-11)14-6-7-15-20(18,19)10-4-5-10/h8,10,15H,3-7H2,1-2H3,(H2,13,14,16,17). The number of hydrogen-bond donors (Lipinski definition) is 3. The summed E-state index contributed by atoms with van der Waals surface area (Å²) in [6.45, 7) is 5.48. The second-order valence-electron chi connectivity index (χ2n) is 4.81. The van der Waals surface area contributed by atoms with Crippen LogP contribution < -0.4 is 15.4 Å². The van der Waals surface area contributed by atoms with Crippen LogP contribution >= 0.6 is 0 Å². The van der Waals surface area contributed by atoms with Crippen LogP contribution in [0.15, 0.2) is 6.07 Å². The second kappa shape index (κ2) is 6.36. The highest BCUT2D eigenvalue weighted by molar-refractivity contribution is 7.90. The molecule has 1 aromatic rings. The first-order valence-corrected chi connectivity index (χ1v) is 8.38. The molecular weight excluding hydrogens is 278 g/mol. The number of sulfonamides is 1. The summed E-state index contributed by atoms with van der Waals surface area (Å²) in [7, 11) is -3.11. The lowest BCUT2D eigenvalue weighted by Crippen LogP contribution is -2.31. The maximum atomic E-state index is 11.6. The Morgan fingerprint density at radius 1 is 1.25 bits per heavy atom. The van der Waals surface area contributed by atoms with Crippen molar-refractivity contribution in [3.63, 3.8) is 0 Å². The third kappa shape index (κ3) is 4.31. The van der Waals surface area contributed by atoms with Gasteiger partial charge in [-0.3, -0.25) is 0 Å². The largest absolute Gasteiger partial charge is 0.370 e. The minimum Gasteiger partial charge on any atom is -0.370 e. The highest BCUT2D eigenvalue weighted by Crippen LogP contribution is 2.27. The van der Waals surface area contributed by atoms with Gasteiger partial charge < -0.3 is 10.6 Å². The van der Waals surface area contributed by atoms with Gasteiger partial charge in [0.2, 0.25) is 16.0 Å². The molecule has 0 saturated heterocycles. The summed E-state index contributed by atoms with van der Waals surface area (Å²) in [6.07, 6.45) is 1.55. The first-order chi connectivity index (χ1) is 9.51.